The smallest absolute Gasteiger partial charge is 0.251 e. The molecular weight excluding hydrogens is 280 g/mol. The molecule has 2 aliphatic rings. The van der Waals surface area contributed by atoms with Crippen molar-refractivity contribution >= 4 is 17.5 Å². The Labute approximate surface area is 130 Å². The van der Waals surface area contributed by atoms with E-state index in [1.165, 1.54) is 0 Å². The number of hydrogen-bond donors (Lipinski definition) is 2. The molecule has 0 aromatic heterocycles. The molecule has 2 heterocycles. The molecule has 2 amide bonds. The summed E-state index contributed by atoms with van der Waals surface area (Å²) in [4.78, 5) is 28.5. The van der Waals surface area contributed by atoms with Crippen LogP contribution in [0.1, 0.15) is 29.3 Å². The van der Waals surface area contributed by atoms with Gasteiger partial charge in [-0.2, -0.15) is 0 Å². The SMILES string of the molecule is CCC(=O)N(c1cccc2c1CNC2=O)C1CNCCN1C. The van der Waals surface area contributed by atoms with Gasteiger partial charge in [-0.1, -0.05) is 13.0 Å². The Morgan fingerprint density at radius 3 is 3.00 bits per heavy atom. The van der Waals surface area contributed by atoms with Gasteiger partial charge in [0.15, 0.2) is 0 Å². The van der Waals surface area contributed by atoms with E-state index in [0.29, 0.717) is 18.5 Å². The first kappa shape index (κ1) is 15.0. The third-order valence-electron chi connectivity index (χ3n) is 4.43. The molecule has 0 aliphatic carbocycles. The molecule has 0 spiro atoms. The van der Waals surface area contributed by atoms with Crippen molar-refractivity contribution in [3.05, 3.63) is 29.3 Å². The Kier molecular flexibility index (Phi) is 4.13. The van der Waals surface area contributed by atoms with Gasteiger partial charge in [-0.25, -0.2) is 0 Å². The van der Waals surface area contributed by atoms with Gasteiger partial charge in [0.25, 0.3) is 5.91 Å². The number of anilines is 1. The maximum atomic E-state index is 12.6. The van der Waals surface area contributed by atoms with Crippen LogP contribution in [-0.2, 0) is 11.3 Å². The van der Waals surface area contributed by atoms with Crippen LogP contribution in [-0.4, -0.2) is 49.6 Å². The normalized spacial score (nSPS) is 21.4. The molecule has 2 N–H and O–H groups in total. The Bertz CT molecular complexity index is 602. The average Bonchev–Trinajstić information content (AvgIpc) is 2.91. The minimum atomic E-state index is -0.0594. The first-order chi connectivity index (χ1) is 10.6. The van der Waals surface area contributed by atoms with Gasteiger partial charge < -0.3 is 10.6 Å². The van der Waals surface area contributed by atoms with E-state index in [-0.39, 0.29) is 18.0 Å². The van der Waals surface area contributed by atoms with E-state index in [2.05, 4.69) is 15.5 Å². The largest absolute Gasteiger partial charge is 0.348 e. The van der Waals surface area contributed by atoms with Crippen molar-refractivity contribution in [1.82, 2.24) is 15.5 Å². The zero-order valence-corrected chi connectivity index (χ0v) is 13.1. The summed E-state index contributed by atoms with van der Waals surface area (Å²) in [6.07, 6.45) is 0.415. The van der Waals surface area contributed by atoms with Gasteiger partial charge in [-0.05, 0) is 19.2 Å². The molecule has 0 radical (unpaired) electrons. The third kappa shape index (κ3) is 2.48. The van der Waals surface area contributed by atoms with Crippen LogP contribution < -0.4 is 15.5 Å². The Morgan fingerprint density at radius 2 is 2.27 bits per heavy atom. The molecular formula is C16H22N4O2. The molecule has 1 aromatic rings. The average molecular weight is 302 g/mol. The molecule has 3 rings (SSSR count). The van der Waals surface area contributed by atoms with Crippen LogP contribution in [0.15, 0.2) is 18.2 Å². The zero-order valence-electron chi connectivity index (χ0n) is 13.1. The van der Waals surface area contributed by atoms with E-state index in [1.54, 1.807) is 0 Å². The summed E-state index contributed by atoms with van der Waals surface area (Å²) >= 11 is 0. The van der Waals surface area contributed by atoms with Gasteiger partial charge >= 0.3 is 0 Å². The number of fused-ring (bicyclic) bond motifs is 1. The summed E-state index contributed by atoms with van der Waals surface area (Å²) in [5.74, 6) is 0.0178. The van der Waals surface area contributed by atoms with E-state index >= 15 is 0 Å². The quantitative estimate of drug-likeness (QED) is 0.855. The van der Waals surface area contributed by atoms with Crippen LogP contribution in [0.2, 0.25) is 0 Å². The number of nitrogens with zero attached hydrogens (tertiary/aromatic N) is 2. The number of benzene rings is 1. The van der Waals surface area contributed by atoms with Crippen LogP contribution in [0, 0.1) is 0 Å². The molecule has 0 saturated carbocycles. The summed E-state index contributed by atoms with van der Waals surface area (Å²) < 4.78 is 0. The Morgan fingerprint density at radius 1 is 1.45 bits per heavy atom. The Hall–Kier alpha value is -1.92. The fraction of sp³-hybridized carbons (Fsp3) is 0.500. The lowest BCUT2D eigenvalue weighted by molar-refractivity contribution is -0.119. The number of piperazine rings is 1. The maximum Gasteiger partial charge on any atom is 0.251 e. The summed E-state index contributed by atoms with van der Waals surface area (Å²) in [7, 11) is 2.04. The van der Waals surface area contributed by atoms with Crippen molar-refractivity contribution in [2.24, 2.45) is 0 Å². The molecule has 6 heteroatoms. The van der Waals surface area contributed by atoms with Crippen molar-refractivity contribution in [3.8, 4) is 0 Å². The standard InChI is InChI=1S/C16H22N4O2/c1-3-15(21)20(14-10-17-7-8-19(14)2)13-6-4-5-11-12(13)9-18-16(11)22/h4-6,14,17H,3,7-10H2,1-2H3,(H,18,22). The lowest BCUT2D eigenvalue weighted by atomic mass is 10.1. The van der Waals surface area contributed by atoms with E-state index in [0.717, 1.165) is 30.9 Å². The Balaban J connectivity index is 2.04. The summed E-state index contributed by atoms with van der Waals surface area (Å²) in [6.45, 7) is 4.91. The first-order valence-corrected chi connectivity index (χ1v) is 7.76. The fourth-order valence-corrected chi connectivity index (χ4v) is 3.17. The molecule has 1 fully saturated rings. The second-order valence-corrected chi connectivity index (χ2v) is 5.77. The minimum Gasteiger partial charge on any atom is -0.348 e. The van der Waals surface area contributed by atoms with Crippen molar-refractivity contribution in [3.63, 3.8) is 0 Å². The maximum absolute atomic E-state index is 12.6. The highest BCUT2D eigenvalue weighted by Gasteiger charge is 2.33. The van der Waals surface area contributed by atoms with E-state index in [4.69, 9.17) is 0 Å². The number of rotatable bonds is 3. The molecule has 1 unspecified atom stereocenters. The summed E-state index contributed by atoms with van der Waals surface area (Å²) in [5, 5.41) is 6.20. The van der Waals surface area contributed by atoms with Gasteiger partial charge in [0.2, 0.25) is 5.91 Å². The van der Waals surface area contributed by atoms with Crippen LogP contribution in [0.4, 0.5) is 5.69 Å². The zero-order chi connectivity index (χ0) is 15.7. The van der Waals surface area contributed by atoms with Gasteiger partial charge in [-0.15, -0.1) is 0 Å². The lowest BCUT2D eigenvalue weighted by Crippen LogP contribution is -2.59. The second-order valence-electron chi connectivity index (χ2n) is 5.77. The first-order valence-electron chi connectivity index (χ1n) is 7.76. The van der Waals surface area contributed by atoms with Gasteiger partial charge in [0.1, 0.15) is 6.17 Å². The fourth-order valence-electron chi connectivity index (χ4n) is 3.17. The van der Waals surface area contributed by atoms with E-state index in [1.807, 2.05) is 37.1 Å². The minimum absolute atomic E-state index is 0.0246. The van der Waals surface area contributed by atoms with E-state index < -0.39 is 0 Å². The van der Waals surface area contributed by atoms with Crippen molar-refractivity contribution in [1.29, 1.82) is 0 Å². The van der Waals surface area contributed by atoms with E-state index in [9.17, 15) is 9.59 Å². The molecule has 0 bridgehead atoms. The van der Waals surface area contributed by atoms with Crippen LogP contribution >= 0.6 is 0 Å². The molecule has 118 valence electrons. The van der Waals surface area contributed by atoms with Crippen molar-refractivity contribution in [2.75, 3.05) is 31.6 Å². The second kappa shape index (κ2) is 6.06. The highest BCUT2D eigenvalue weighted by atomic mass is 16.2. The predicted molar refractivity (Wildman–Crippen MR) is 84.7 cm³/mol. The number of hydrogen-bond acceptors (Lipinski definition) is 4. The highest BCUT2D eigenvalue weighted by molar-refractivity contribution is 6.02. The number of amides is 2. The molecule has 6 nitrogen and oxygen atoms in total. The number of likely N-dealkylation sites (N-methyl/N-ethyl adjacent to an activating group) is 1. The highest BCUT2D eigenvalue weighted by Crippen LogP contribution is 2.30. The van der Waals surface area contributed by atoms with Gasteiger partial charge in [0.05, 0.1) is 5.69 Å². The number of carbonyl (C=O) groups excluding carboxylic acids is 2. The summed E-state index contributed by atoms with van der Waals surface area (Å²) in [5.41, 5.74) is 2.45. The topological polar surface area (TPSA) is 64.7 Å². The third-order valence-corrected chi connectivity index (χ3v) is 4.43. The number of carbonyl (C=O) groups is 2. The van der Waals surface area contributed by atoms with Crippen LogP contribution in [0.5, 0.6) is 0 Å². The molecule has 1 aromatic carbocycles. The van der Waals surface area contributed by atoms with Gasteiger partial charge in [0, 0.05) is 43.7 Å². The summed E-state index contributed by atoms with van der Waals surface area (Å²) in [6, 6.07) is 5.61. The predicted octanol–water partition coefficient (Wildman–Crippen LogP) is 0.534. The number of nitrogens with one attached hydrogen (secondary N) is 2. The lowest BCUT2D eigenvalue weighted by Gasteiger charge is -2.41. The molecule has 1 saturated heterocycles. The van der Waals surface area contributed by atoms with Crippen molar-refractivity contribution < 1.29 is 9.59 Å². The monoisotopic (exact) mass is 302 g/mol. The molecule has 1 atom stereocenters. The molecule has 22 heavy (non-hydrogen) atoms. The van der Waals surface area contributed by atoms with Crippen LogP contribution in [0.3, 0.4) is 0 Å². The van der Waals surface area contributed by atoms with Crippen LogP contribution in [0.25, 0.3) is 0 Å². The van der Waals surface area contributed by atoms with Crippen molar-refractivity contribution in [2.45, 2.75) is 26.1 Å². The van der Waals surface area contributed by atoms with Gasteiger partial charge in [-0.3, -0.25) is 19.4 Å². The molecule has 2 aliphatic heterocycles.